The molecule has 0 rings (SSSR count). The van der Waals surface area contributed by atoms with Gasteiger partial charge in [-0.25, -0.2) is 6.61 Å². The molecule has 0 aliphatic carbocycles. The zero-order valence-corrected chi connectivity index (χ0v) is 9.35. The average Bonchev–Trinajstić information content (AvgIpc) is 1.41. The molecule has 0 unspecified atom stereocenters. The molecular weight excluding hydrogens is 246 g/mol. The third-order valence-electron chi connectivity index (χ3n) is 0.418. The van der Waals surface area contributed by atoms with Crippen LogP contribution in [-0.4, -0.2) is 5.11 Å². The van der Waals surface area contributed by atoms with Gasteiger partial charge in [0.1, 0.15) is 0 Å². The van der Waals surface area contributed by atoms with Gasteiger partial charge in [-0.1, -0.05) is 13.3 Å². The van der Waals surface area contributed by atoms with E-state index in [2.05, 4.69) is 0 Å². The van der Waals surface area contributed by atoms with Gasteiger partial charge in [0.05, 0.1) is 0 Å². The van der Waals surface area contributed by atoms with Crippen LogP contribution in [-0.2, 0) is 52.4 Å². The van der Waals surface area contributed by atoms with Gasteiger partial charge >= 0.3 is 0 Å². The van der Waals surface area contributed by atoms with Crippen LogP contribution in [0.5, 0.6) is 0 Å². The van der Waals surface area contributed by atoms with E-state index in [0.29, 0.717) is 0 Å². The van der Waals surface area contributed by atoms with Gasteiger partial charge in [0.2, 0.25) is 0 Å². The van der Waals surface area contributed by atoms with E-state index in [-0.39, 0.29) is 52.4 Å². The Morgan fingerprint density at radius 1 is 1.43 bits per heavy atom. The zero-order chi connectivity index (χ0) is 4.12. The van der Waals surface area contributed by atoms with Crippen molar-refractivity contribution in [2.24, 2.45) is 0 Å². The van der Waals surface area contributed by atoms with Gasteiger partial charge in [0.15, 0.2) is 0 Å². The Labute approximate surface area is 83.1 Å². The predicted octanol–water partition coefficient (Wildman–Crippen LogP) is 1.32. The van der Waals surface area contributed by atoms with E-state index in [1.807, 2.05) is 6.92 Å². The monoisotopic (exact) mass is 253 g/mol. The fraction of sp³-hybridized carbons (Fsp3) is 0.750. The first kappa shape index (κ1) is 15.9. The summed E-state index contributed by atoms with van der Waals surface area (Å²) in [6.45, 7) is 3.20. The van der Waals surface area contributed by atoms with Crippen LogP contribution in [0.3, 0.4) is 0 Å². The van der Waals surface area contributed by atoms with Crippen LogP contribution >= 0.6 is 0 Å². The van der Waals surface area contributed by atoms with Crippen LogP contribution in [0.4, 0.5) is 0 Å². The molecule has 3 heteroatoms. The number of aliphatic hydroxyl groups is 1. The number of hydrogen-bond acceptors (Lipinski definition) is 1. The van der Waals surface area contributed by atoms with Crippen molar-refractivity contribution in [3.05, 3.63) is 6.61 Å². The van der Waals surface area contributed by atoms with Crippen molar-refractivity contribution in [2.45, 2.75) is 19.8 Å². The van der Waals surface area contributed by atoms with Crippen molar-refractivity contribution in [1.82, 2.24) is 0 Å². The molecule has 1 N–H and O–H groups in total. The third-order valence-corrected chi connectivity index (χ3v) is 0.418. The first-order chi connectivity index (χ1) is 2.41. The quantitative estimate of drug-likeness (QED) is 0.738. The third kappa shape index (κ3) is 18.2. The van der Waals surface area contributed by atoms with E-state index in [1.165, 1.54) is 6.61 Å². The second kappa shape index (κ2) is 15.6. The Bertz CT molecular complexity index is 17.2. The molecule has 0 saturated carbocycles. The Kier molecular flexibility index (Phi) is 35.5. The first-order valence-corrected chi connectivity index (χ1v) is 1.87. The van der Waals surface area contributed by atoms with Gasteiger partial charge in [-0.15, -0.1) is 0 Å². The summed E-state index contributed by atoms with van der Waals surface area (Å²) in [5.74, 6) is 0. The van der Waals surface area contributed by atoms with Crippen molar-refractivity contribution < 1.29 is 57.5 Å². The van der Waals surface area contributed by atoms with Crippen LogP contribution in [0.1, 0.15) is 19.8 Å². The number of rotatable bonds is 2. The molecule has 0 amide bonds. The molecule has 0 spiro atoms. The Hall–Kier alpha value is 1.73. The zero-order valence-electron chi connectivity index (χ0n) is 4.44. The normalized spacial score (nSPS) is 6.00. The average molecular weight is 256 g/mol. The Balaban J connectivity index is -0.0000000800. The van der Waals surface area contributed by atoms with Crippen molar-refractivity contribution >= 4 is 0 Å². The molecule has 0 heterocycles. The first-order valence-electron chi connectivity index (χ1n) is 1.87. The van der Waals surface area contributed by atoms with Gasteiger partial charge in [0.25, 0.3) is 0 Å². The smallest absolute Gasteiger partial charge is 0 e. The summed E-state index contributed by atoms with van der Waals surface area (Å²) in [4.78, 5) is 0. The standard InChI is InChI=1S/C4H9O.2Zr/c1-2-3-4-5;;/h4-5H,2-3H2,1H3;;/q-1;;. The molecule has 0 saturated heterocycles. The fourth-order valence-corrected chi connectivity index (χ4v) is 0.129. The minimum Gasteiger partial charge on any atom is -0.566 e. The molecule has 1 nitrogen and oxygen atoms in total. The summed E-state index contributed by atoms with van der Waals surface area (Å²) in [5.41, 5.74) is 0. The molecule has 0 aliphatic rings. The number of unbranched alkanes of at least 4 members (excludes halogenated alkanes) is 1. The molecule has 0 radical (unpaired) electrons. The largest absolute Gasteiger partial charge is 0.566 e. The maximum absolute atomic E-state index is 7.94. The van der Waals surface area contributed by atoms with Crippen LogP contribution in [0.25, 0.3) is 0 Å². The molecule has 0 bridgehead atoms. The summed E-state index contributed by atoms with van der Waals surface area (Å²) in [7, 11) is 0. The summed E-state index contributed by atoms with van der Waals surface area (Å²) in [5, 5.41) is 7.94. The maximum atomic E-state index is 7.94. The summed E-state index contributed by atoms with van der Waals surface area (Å²) in [6.07, 6.45) is 1.86. The van der Waals surface area contributed by atoms with Crippen LogP contribution in [0.15, 0.2) is 0 Å². The van der Waals surface area contributed by atoms with Crippen molar-refractivity contribution in [1.29, 1.82) is 0 Å². The number of aliphatic hydroxyl groups excluding tert-OH is 1. The van der Waals surface area contributed by atoms with Gasteiger partial charge in [-0.2, -0.15) is 6.42 Å². The van der Waals surface area contributed by atoms with Crippen molar-refractivity contribution in [3.8, 4) is 0 Å². The van der Waals surface area contributed by atoms with Crippen LogP contribution in [0.2, 0.25) is 0 Å². The van der Waals surface area contributed by atoms with Gasteiger partial charge in [-0.05, 0) is 0 Å². The molecule has 0 atom stereocenters. The molecule has 0 fully saturated rings. The SMILES string of the molecule is CCC[CH-]O.[Zr].[Zr]. The predicted molar refractivity (Wildman–Crippen MR) is 21.1 cm³/mol. The summed E-state index contributed by atoms with van der Waals surface area (Å²) in [6, 6.07) is 0. The van der Waals surface area contributed by atoms with Crippen molar-refractivity contribution in [2.75, 3.05) is 0 Å². The van der Waals surface area contributed by atoms with E-state index in [9.17, 15) is 0 Å². The Morgan fingerprint density at radius 3 is 1.86 bits per heavy atom. The molecule has 0 aliphatic heterocycles. The van der Waals surface area contributed by atoms with Gasteiger partial charge < -0.3 is 5.11 Å². The second-order valence-electron chi connectivity index (χ2n) is 0.971. The number of hydrogen-bond donors (Lipinski definition) is 1. The molecule has 40 valence electrons. The maximum Gasteiger partial charge on any atom is 0 e. The van der Waals surface area contributed by atoms with E-state index < -0.39 is 0 Å². The fourth-order valence-electron chi connectivity index (χ4n) is 0.129. The summed E-state index contributed by atoms with van der Waals surface area (Å²) >= 11 is 0. The Morgan fingerprint density at radius 2 is 1.86 bits per heavy atom. The van der Waals surface area contributed by atoms with Crippen molar-refractivity contribution in [3.63, 3.8) is 0 Å². The van der Waals surface area contributed by atoms with E-state index in [4.69, 9.17) is 5.11 Å². The minimum absolute atomic E-state index is 0. The van der Waals surface area contributed by atoms with E-state index in [0.717, 1.165) is 12.8 Å². The minimum atomic E-state index is 0. The molecule has 0 aromatic carbocycles. The van der Waals surface area contributed by atoms with E-state index >= 15 is 0 Å². The van der Waals surface area contributed by atoms with Crippen LogP contribution < -0.4 is 0 Å². The molecule has 0 aromatic rings. The molecule has 7 heavy (non-hydrogen) atoms. The molecular formula is C4H9OZr2-. The second-order valence-corrected chi connectivity index (χ2v) is 0.971. The van der Waals surface area contributed by atoms with Gasteiger partial charge in [0, 0.05) is 52.4 Å². The van der Waals surface area contributed by atoms with Crippen LogP contribution in [0, 0.1) is 6.61 Å². The van der Waals surface area contributed by atoms with E-state index in [1.54, 1.807) is 0 Å². The molecule has 0 aromatic heterocycles. The van der Waals surface area contributed by atoms with Gasteiger partial charge in [-0.3, -0.25) is 0 Å². The topological polar surface area (TPSA) is 20.2 Å². The summed E-state index contributed by atoms with van der Waals surface area (Å²) < 4.78 is 0.